The number of nitrogens with zero attached hydrogens (tertiary/aromatic N) is 2. The van der Waals surface area contributed by atoms with Gasteiger partial charge in [-0.25, -0.2) is 9.37 Å². The van der Waals surface area contributed by atoms with Gasteiger partial charge in [0.15, 0.2) is 5.16 Å². The average Bonchev–Trinajstić information content (AvgIpc) is 2.77. The number of hydrogen-bond acceptors (Lipinski definition) is 3. The lowest BCUT2D eigenvalue weighted by molar-refractivity contribution is -0.115. The van der Waals surface area contributed by atoms with E-state index in [1.807, 2.05) is 20.8 Å². The SMILES string of the molecule is Cc1nc(S[C@H](C)C(=O)Nc2ccc(F)cc2Cl)n(CC(C)C)c1C. The number of imidazole rings is 1. The summed E-state index contributed by atoms with van der Waals surface area (Å²) >= 11 is 7.37. The maximum atomic E-state index is 13.1. The number of aromatic nitrogens is 2. The molecule has 1 amide bonds. The van der Waals surface area contributed by atoms with Crippen LogP contribution in [0.25, 0.3) is 0 Å². The van der Waals surface area contributed by atoms with Gasteiger partial charge in [-0.3, -0.25) is 4.79 Å². The van der Waals surface area contributed by atoms with Crippen LogP contribution in [0.5, 0.6) is 0 Å². The van der Waals surface area contributed by atoms with Gasteiger partial charge in [-0.1, -0.05) is 37.2 Å². The van der Waals surface area contributed by atoms with Crippen molar-refractivity contribution in [3.63, 3.8) is 0 Å². The average molecular weight is 384 g/mol. The molecule has 0 aliphatic heterocycles. The van der Waals surface area contributed by atoms with Crippen molar-refractivity contribution in [2.45, 2.75) is 51.6 Å². The molecule has 0 aliphatic carbocycles. The number of carbonyl (C=O) groups excluding carboxylic acids is 1. The summed E-state index contributed by atoms with van der Waals surface area (Å²) in [5, 5.41) is 3.39. The summed E-state index contributed by atoms with van der Waals surface area (Å²) in [7, 11) is 0. The Kier molecular flexibility index (Phi) is 6.52. The third-order valence-corrected chi connectivity index (χ3v) is 5.21. The molecule has 0 spiro atoms. The zero-order chi connectivity index (χ0) is 18.7. The van der Waals surface area contributed by atoms with Gasteiger partial charge < -0.3 is 9.88 Å². The molecular formula is C18H23ClFN3OS. The Labute approximate surface area is 157 Å². The lowest BCUT2D eigenvalue weighted by Crippen LogP contribution is -2.23. The molecule has 1 atom stereocenters. The van der Waals surface area contributed by atoms with Crippen molar-refractivity contribution in [1.82, 2.24) is 9.55 Å². The molecule has 0 saturated heterocycles. The molecule has 25 heavy (non-hydrogen) atoms. The van der Waals surface area contributed by atoms with E-state index in [4.69, 9.17) is 11.6 Å². The number of benzene rings is 1. The van der Waals surface area contributed by atoms with Crippen LogP contribution >= 0.6 is 23.4 Å². The molecule has 2 aromatic rings. The molecule has 0 radical (unpaired) electrons. The fraction of sp³-hybridized carbons (Fsp3) is 0.444. The predicted molar refractivity (Wildman–Crippen MR) is 102 cm³/mol. The maximum Gasteiger partial charge on any atom is 0.237 e. The summed E-state index contributed by atoms with van der Waals surface area (Å²) in [5.74, 6) is -0.159. The van der Waals surface area contributed by atoms with E-state index in [1.165, 1.54) is 30.0 Å². The Hall–Kier alpha value is -1.53. The number of halogens is 2. The second-order valence-corrected chi connectivity index (χ2v) is 8.16. The molecular weight excluding hydrogens is 361 g/mol. The fourth-order valence-electron chi connectivity index (χ4n) is 2.33. The molecule has 4 nitrogen and oxygen atoms in total. The van der Waals surface area contributed by atoms with E-state index in [0.29, 0.717) is 11.6 Å². The van der Waals surface area contributed by atoms with Gasteiger partial charge in [0.2, 0.25) is 5.91 Å². The van der Waals surface area contributed by atoms with Gasteiger partial charge in [0, 0.05) is 12.2 Å². The number of nitrogens with one attached hydrogen (secondary N) is 1. The summed E-state index contributed by atoms with van der Waals surface area (Å²) < 4.78 is 15.3. The summed E-state index contributed by atoms with van der Waals surface area (Å²) in [6.45, 7) is 11.0. The third kappa shape index (κ3) is 4.98. The Balaban J connectivity index is 2.12. The summed E-state index contributed by atoms with van der Waals surface area (Å²) in [6, 6.07) is 3.90. The largest absolute Gasteiger partial charge is 0.324 e. The molecule has 1 heterocycles. The van der Waals surface area contributed by atoms with E-state index in [0.717, 1.165) is 23.1 Å². The molecule has 0 unspecified atom stereocenters. The summed E-state index contributed by atoms with van der Waals surface area (Å²) in [4.78, 5) is 17.0. The van der Waals surface area contributed by atoms with E-state index in [2.05, 4.69) is 28.7 Å². The Bertz CT molecular complexity index is 776. The third-order valence-electron chi connectivity index (χ3n) is 3.81. The highest BCUT2D eigenvalue weighted by Gasteiger charge is 2.21. The van der Waals surface area contributed by atoms with Gasteiger partial charge in [-0.05, 0) is 44.9 Å². The van der Waals surface area contributed by atoms with Gasteiger partial charge in [-0.2, -0.15) is 0 Å². The van der Waals surface area contributed by atoms with Gasteiger partial charge in [-0.15, -0.1) is 0 Å². The minimum atomic E-state index is -0.438. The Morgan fingerprint density at radius 2 is 2.04 bits per heavy atom. The number of aryl methyl sites for hydroxylation is 1. The fourth-order valence-corrected chi connectivity index (χ4v) is 3.56. The van der Waals surface area contributed by atoms with Crippen LogP contribution in [0.2, 0.25) is 5.02 Å². The Morgan fingerprint density at radius 3 is 2.64 bits per heavy atom. The van der Waals surface area contributed by atoms with Crippen LogP contribution in [0.3, 0.4) is 0 Å². The van der Waals surface area contributed by atoms with E-state index in [1.54, 1.807) is 0 Å². The molecule has 0 bridgehead atoms. The van der Waals surface area contributed by atoms with Crippen molar-refractivity contribution in [2.75, 3.05) is 5.32 Å². The zero-order valence-corrected chi connectivity index (χ0v) is 16.6. The van der Waals surface area contributed by atoms with Crippen molar-refractivity contribution in [2.24, 2.45) is 5.92 Å². The van der Waals surface area contributed by atoms with Gasteiger partial charge in [0.05, 0.1) is 21.7 Å². The number of anilines is 1. The van der Waals surface area contributed by atoms with Crippen molar-refractivity contribution in [3.05, 3.63) is 40.4 Å². The van der Waals surface area contributed by atoms with Gasteiger partial charge in [0.1, 0.15) is 5.82 Å². The first-order valence-corrected chi connectivity index (χ1v) is 9.41. The van der Waals surface area contributed by atoms with Crippen molar-refractivity contribution in [3.8, 4) is 0 Å². The van der Waals surface area contributed by atoms with Crippen LogP contribution < -0.4 is 5.32 Å². The number of amides is 1. The highest BCUT2D eigenvalue weighted by atomic mass is 35.5. The minimum Gasteiger partial charge on any atom is -0.324 e. The second kappa shape index (κ2) is 8.23. The number of rotatable bonds is 6. The topological polar surface area (TPSA) is 46.9 Å². The molecule has 1 aromatic heterocycles. The molecule has 0 aliphatic rings. The van der Waals surface area contributed by atoms with Crippen LogP contribution in [0.1, 0.15) is 32.2 Å². The van der Waals surface area contributed by atoms with Crippen LogP contribution in [0.4, 0.5) is 10.1 Å². The van der Waals surface area contributed by atoms with E-state index >= 15 is 0 Å². The van der Waals surface area contributed by atoms with Crippen LogP contribution in [0.15, 0.2) is 23.4 Å². The standard InChI is InChI=1S/C18H23ClFN3OS/c1-10(2)9-23-12(4)11(3)21-18(23)25-13(5)17(24)22-16-7-6-14(20)8-15(16)19/h6-8,10,13H,9H2,1-5H3,(H,22,24)/t13-/m1/s1. The van der Waals surface area contributed by atoms with Crippen LogP contribution in [-0.2, 0) is 11.3 Å². The Morgan fingerprint density at radius 1 is 1.36 bits per heavy atom. The first-order chi connectivity index (χ1) is 11.7. The molecule has 2 rings (SSSR count). The van der Waals surface area contributed by atoms with E-state index < -0.39 is 5.82 Å². The maximum absolute atomic E-state index is 13.1. The van der Waals surface area contributed by atoms with Crippen LogP contribution in [-0.4, -0.2) is 20.7 Å². The molecule has 0 fully saturated rings. The molecule has 136 valence electrons. The van der Waals surface area contributed by atoms with Crippen molar-refractivity contribution < 1.29 is 9.18 Å². The first kappa shape index (κ1) is 19.8. The zero-order valence-electron chi connectivity index (χ0n) is 15.1. The number of thioether (sulfide) groups is 1. The minimum absolute atomic E-state index is 0.179. The quantitative estimate of drug-likeness (QED) is 0.708. The van der Waals surface area contributed by atoms with E-state index in [9.17, 15) is 9.18 Å². The number of carbonyl (C=O) groups is 1. The normalized spacial score (nSPS) is 12.5. The van der Waals surface area contributed by atoms with E-state index in [-0.39, 0.29) is 16.2 Å². The summed E-state index contributed by atoms with van der Waals surface area (Å²) in [5.41, 5.74) is 2.49. The molecule has 1 N–H and O–H groups in total. The van der Waals surface area contributed by atoms with Gasteiger partial charge in [0.25, 0.3) is 0 Å². The highest BCUT2D eigenvalue weighted by Crippen LogP contribution is 2.28. The van der Waals surface area contributed by atoms with Crippen LogP contribution in [0, 0.1) is 25.6 Å². The first-order valence-electron chi connectivity index (χ1n) is 8.15. The predicted octanol–water partition coefficient (Wildman–Crippen LogP) is 5.07. The lowest BCUT2D eigenvalue weighted by atomic mass is 10.2. The summed E-state index contributed by atoms with van der Waals surface area (Å²) in [6.07, 6.45) is 0. The highest BCUT2D eigenvalue weighted by molar-refractivity contribution is 8.00. The van der Waals surface area contributed by atoms with Crippen molar-refractivity contribution in [1.29, 1.82) is 0 Å². The smallest absolute Gasteiger partial charge is 0.237 e. The molecule has 0 saturated carbocycles. The van der Waals surface area contributed by atoms with Crippen molar-refractivity contribution >= 4 is 35.0 Å². The molecule has 7 heteroatoms. The monoisotopic (exact) mass is 383 g/mol. The van der Waals surface area contributed by atoms with Gasteiger partial charge >= 0.3 is 0 Å². The molecule has 1 aromatic carbocycles. The lowest BCUT2D eigenvalue weighted by Gasteiger charge is -2.15. The number of hydrogen-bond donors (Lipinski definition) is 1. The second-order valence-electron chi connectivity index (χ2n) is 6.44.